The van der Waals surface area contributed by atoms with E-state index in [0.29, 0.717) is 26.4 Å². The van der Waals surface area contributed by atoms with Gasteiger partial charge in [0.1, 0.15) is 36.2 Å². The fraction of sp³-hybridized carbons (Fsp3) is 0.158. The second-order valence-electron chi connectivity index (χ2n) is 10.6. The van der Waals surface area contributed by atoms with Gasteiger partial charge in [-0.2, -0.15) is 0 Å². The zero-order valence-corrected chi connectivity index (χ0v) is 24.3. The molecule has 6 aromatic rings. The molecule has 0 aliphatic carbocycles. The van der Waals surface area contributed by atoms with Crippen molar-refractivity contribution in [2.45, 2.75) is 12.8 Å². The summed E-state index contributed by atoms with van der Waals surface area (Å²) in [5, 5.41) is 2.11. The van der Waals surface area contributed by atoms with E-state index in [-0.39, 0.29) is 0 Å². The number of hydrogen-bond acceptors (Lipinski definition) is 6. The van der Waals surface area contributed by atoms with Crippen LogP contribution in [0.2, 0.25) is 0 Å². The third kappa shape index (κ3) is 6.35. The first-order valence-corrected chi connectivity index (χ1v) is 15.0. The van der Waals surface area contributed by atoms with Crippen molar-refractivity contribution in [1.82, 2.24) is 9.97 Å². The van der Waals surface area contributed by atoms with Gasteiger partial charge in [0.05, 0.1) is 35.6 Å². The molecule has 0 radical (unpaired) electrons. The molecular weight excluding hydrogens is 548 g/mol. The maximum Gasteiger partial charge on any atom is 0.123 e. The van der Waals surface area contributed by atoms with Gasteiger partial charge in [0.2, 0.25) is 0 Å². The molecule has 218 valence electrons. The number of rotatable bonds is 0. The number of aromatic nitrogens is 2. The van der Waals surface area contributed by atoms with Gasteiger partial charge in [0.15, 0.2) is 0 Å². The van der Waals surface area contributed by atoms with Gasteiger partial charge in [-0.15, -0.1) is 0 Å². The number of hydrogen-bond donors (Lipinski definition) is 0. The van der Waals surface area contributed by atoms with Crippen LogP contribution < -0.4 is 18.9 Å². The Kier molecular flexibility index (Phi) is 8.04. The summed E-state index contributed by atoms with van der Waals surface area (Å²) in [6.45, 7) is 2.05. The van der Waals surface area contributed by atoms with E-state index in [2.05, 4.69) is 60.7 Å². The first-order valence-electron chi connectivity index (χ1n) is 15.0. The number of pyridine rings is 2. The summed E-state index contributed by atoms with van der Waals surface area (Å²) in [5.41, 5.74) is 5.59. The van der Waals surface area contributed by atoms with E-state index in [1.165, 1.54) is 0 Å². The number of benzene rings is 4. The van der Waals surface area contributed by atoms with Crippen molar-refractivity contribution in [1.29, 1.82) is 0 Å². The zero-order chi connectivity index (χ0) is 29.6. The maximum atomic E-state index is 5.97. The van der Waals surface area contributed by atoms with Crippen molar-refractivity contribution < 1.29 is 18.9 Å². The maximum absolute atomic E-state index is 5.97. The highest BCUT2D eigenvalue weighted by molar-refractivity contribution is 6.04. The summed E-state index contributed by atoms with van der Waals surface area (Å²) >= 11 is 0. The Labute approximate surface area is 256 Å². The molecule has 6 heteroatoms. The molecular formula is C38H32N2O4. The Morgan fingerprint density at radius 2 is 0.841 bits per heavy atom. The molecule has 0 atom stereocenters. The van der Waals surface area contributed by atoms with Gasteiger partial charge in [0.25, 0.3) is 0 Å². The van der Waals surface area contributed by atoms with Gasteiger partial charge in [-0.05, 0) is 85.6 Å². The predicted octanol–water partition coefficient (Wildman–Crippen LogP) is 8.68. The molecule has 6 nitrogen and oxygen atoms in total. The Morgan fingerprint density at radius 3 is 1.36 bits per heavy atom. The smallest absolute Gasteiger partial charge is 0.123 e. The van der Waals surface area contributed by atoms with Crippen LogP contribution in [0, 0.1) is 0 Å². The number of fused-ring (bicyclic) bond motifs is 2. The third-order valence-corrected chi connectivity index (χ3v) is 7.52. The quantitative estimate of drug-likeness (QED) is 0.132. The fourth-order valence-corrected chi connectivity index (χ4v) is 5.23. The number of nitrogens with zero attached hydrogens (tertiary/aromatic N) is 2. The van der Waals surface area contributed by atoms with Gasteiger partial charge in [0, 0.05) is 28.0 Å². The SMILES string of the molecule is C1=CCCOc2cccc(c2)OCCOc2ccc(cc2)-c2ccc3ccc4ccc(nc4c3n2)-c2ccc(cc2)OCC1. The highest BCUT2D eigenvalue weighted by Gasteiger charge is 2.10. The van der Waals surface area contributed by atoms with Crippen LogP contribution in [0.25, 0.3) is 44.3 Å². The van der Waals surface area contributed by atoms with Crippen molar-refractivity contribution >= 4 is 21.8 Å². The summed E-state index contributed by atoms with van der Waals surface area (Å²) in [6, 6.07) is 36.3. The van der Waals surface area contributed by atoms with Gasteiger partial charge >= 0.3 is 0 Å². The molecule has 0 saturated carbocycles. The highest BCUT2D eigenvalue weighted by atomic mass is 16.5. The lowest BCUT2D eigenvalue weighted by Crippen LogP contribution is -2.09. The molecule has 44 heavy (non-hydrogen) atoms. The van der Waals surface area contributed by atoms with Gasteiger partial charge in [-0.3, -0.25) is 0 Å². The van der Waals surface area contributed by atoms with E-state index >= 15 is 0 Å². The molecule has 0 fully saturated rings. The average Bonchev–Trinajstić information content (AvgIpc) is 3.08. The Hall–Kier alpha value is -5.36. The topological polar surface area (TPSA) is 62.7 Å². The minimum Gasteiger partial charge on any atom is -0.493 e. The van der Waals surface area contributed by atoms with Crippen LogP contribution in [0.4, 0.5) is 0 Å². The van der Waals surface area contributed by atoms with Crippen LogP contribution in [-0.4, -0.2) is 36.4 Å². The third-order valence-electron chi connectivity index (χ3n) is 7.52. The van der Waals surface area contributed by atoms with Crippen LogP contribution in [0.5, 0.6) is 23.0 Å². The number of ether oxygens (including phenoxy) is 4. The van der Waals surface area contributed by atoms with Crippen LogP contribution in [-0.2, 0) is 0 Å². The minimum atomic E-state index is 0.424. The van der Waals surface area contributed by atoms with Crippen molar-refractivity contribution in [3.8, 4) is 45.5 Å². The van der Waals surface area contributed by atoms with Crippen LogP contribution in [0.1, 0.15) is 12.8 Å². The molecule has 0 amide bonds. The lowest BCUT2D eigenvalue weighted by Gasteiger charge is -2.11. The largest absolute Gasteiger partial charge is 0.493 e. The second-order valence-corrected chi connectivity index (χ2v) is 10.6. The minimum absolute atomic E-state index is 0.424. The average molecular weight is 581 g/mol. The van der Waals surface area contributed by atoms with E-state index in [1.807, 2.05) is 60.7 Å². The van der Waals surface area contributed by atoms with Gasteiger partial charge < -0.3 is 18.9 Å². The second kappa shape index (κ2) is 12.9. The van der Waals surface area contributed by atoms with Crippen molar-refractivity contribution in [2.24, 2.45) is 0 Å². The molecule has 0 unspecified atom stereocenters. The normalized spacial score (nSPS) is 14.0. The van der Waals surface area contributed by atoms with E-state index in [0.717, 1.165) is 80.2 Å². The molecule has 3 aliphatic rings. The molecule has 3 aliphatic heterocycles. The Balaban J connectivity index is 1.18. The van der Waals surface area contributed by atoms with Crippen LogP contribution in [0.3, 0.4) is 0 Å². The summed E-state index contributed by atoms with van der Waals surface area (Å²) < 4.78 is 23.7. The zero-order valence-electron chi connectivity index (χ0n) is 24.3. The van der Waals surface area contributed by atoms with Crippen molar-refractivity contribution in [3.63, 3.8) is 0 Å². The fourth-order valence-electron chi connectivity index (χ4n) is 5.23. The van der Waals surface area contributed by atoms with Crippen LogP contribution >= 0.6 is 0 Å². The van der Waals surface area contributed by atoms with Crippen molar-refractivity contribution in [2.75, 3.05) is 26.4 Å². The predicted molar refractivity (Wildman–Crippen MR) is 175 cm³/mol. The molecule has 4 aromatic carbocycles. The van der Waals surface area contributed by atoms with Gasteiger partial charge in [-0.25, -0.2) is 9.97 Å². The van der Waals surface area contributed by atoms with E-state index in [9.17, 15) is 0 Å². The van der Waals surface area contributed by atoms with Gasteiger partial charge in [-0.1, -0.05) is 42.5 Å². The molecule has 10 bridgehead atoms. The summed E-state index contributed by atoms with van der Waals surface area (Å²) in [5.74, 6) is 3.15. The molecule has 0 spiro atoms. The monoisotopic (exact) mass is 580 g/mol. The lowest BCUT2D eigenvalue weighted by molar-refractivity contribution is 0.216. The lowest BCUT2D eigenvalue weighted by atomic mass is 10.1. The summed E-state index contributed by atoms with van der Waals surface area (Å²) in [4.78, 5) is 10.1. The highest BCUT2D eigenvalue weighted by Crippen LogP contribution is 2.30. The van der Waals surface area contributed by atoms with Crippen molar-refractivity contribution in [3.05, 3.63) is 121 Å². The molecule has 9 rings (SSSR count). The standard InChI is InChI=1S/C38H32N2O4/c1-2-4-23-42-33-6-5-7-34(26-33)44-25-24-43-32-18-12-28(13-19-32)36-21-15-30-9-8-29-14-20-35(39-37(29)38(30)40-36)27-10-16-31(17-11-27)41-22-3-1/h1-2,5-21,26H,3-4,22-25H2. The molecule has 0 saturated heterocycles. The molecule has 5 heterocycles. The Morgan fingerprint density at radius 1 is 0.409 bits per heavy atom. The first kappa shape index (κ1) is 27.5. The molecule has 0 N–H and O–H groups in total. The summed E-state index contributed by atoms with van der Waals surface area (Å²) in [7, 11) is 0. The first-order chi connectivity index (χ1) is 21.8. The van der Waals surface area contributed by atoms with E-state index in [1.54, 1.807) is 0 Å². The van der Waals surface area contributed by atoms with E-state index in [4.69, 9.17) is 28.9 Å². The Bertz CT molecular complexity index is 1920. The molecule has 2 aromatic heterocycles. The van der Waals surface area contributed by atoms with E-state index < -0.39 is 0 Å². The summed E-state index contributed by atoms with van der Waals surface area (Å²) in [6.07, 6.45) is 5.90. The van der Waals surface area contributed by atoms with Crippen LogP contribution in [0.15, 0.2) is 121 Å².